The van der Waals surface area contributed by atoms with E-state index in [1.165, 1.54) is 0 Å². The molecule has 0 saturated carbocycles. The van der Waals surface area contributed by atoms with Gasteiger partial charge in [-0.15, -0.1) is 10.2 Å². The first-order valence-corrected chi connectivity index (χ1v) is 6.14. The molecule has 2 aromatic rings. The molecule has 0 bridgehead atoms. The smallest absolute Gasteiger partial charge is 0.179 e. The van der Waals surface area contributed by atoms with Crippen molar-refractivity contribution < 1.29 is 0 Å². The summed E-state index contributed by atoms with van der Waals surface area (Å²) < 4.78 is 0. The molecule has 1 aliphatic heterocycles. The molecule has 0 radical (unpaired) electrons. The number of aromatic nitrogens is 4. The van der Waals surface area contributed by atoms with Gasteiger partial charge in [-0.1, -0.05) is 0 Å². The van der Waals surface area contributed by atoms with Crippen LogP contribution in [0.3, 0.4) is 0 Å². The fourth-order valence-electron chi connectivity index (χ4n) is 2.10. The lowest BCUT2D eigenvalue weighted by atomic mass is 10.2. The summed E-state index contributed by atoms with van der Waals surface area (Å²) in [5.41, 5.74) is 1.99. The molecule has 2 N–H and O–H groups in total. The summed E-state index contributed by atoms with van der Waals surface area (Å²) in [4.78, 5) is 9.86. The molecule has 1 saturated heterocycles. The summed E-state index contributed by atoms with van der Waals surface area (Å²) in [5.74, 6) is 1.53. The van der Waals surface area contributed by atoms with E-state index in [4.69, 9.17) is 0 Å². The third kappa shape index (κ3) is 2.19. The Hall–Kier alpha value is -1.95. The fraction of sp³-hybridized carbons (Fsp3) is 0.417. The highest BCUT2D eigenvalue weighted by molar-refractivity contribution is 5.54. The predicted molar refractivity (Wildman–Crippen MR) is 69.4 cm³/mol. The third-order valence-corrected chi connectivity index (χ3v) is 3.07. The van der Waals surface area contributed by atoms with Crippen LogP contribution in [-0.2, 0) is 0 Å². The summed E-state index contributed by atoms with van der Waals surface area (Å²) in [6.45, 7) is 6.00. The molecule has 3 rings (SSSR count). The van der Waals surface area contributed by atoms with Gasteiger partial charge in [-0.3, -0.25) is 4.98 Å². The highest BCUT2D eigenvalue weighted by Crippen LogP contribution is 2.17. The molecule has 0 unspecified atom stereocenters. The molecule has 18 heavy (non-hydrogen) atoms. The number of anilines is 1. The molecular formula is C12H16N6. The Bertz CT molecular complexity index is 512. The highest BCUT2D eigenvalue weighted by atomic mass is 15.2. The average molecular weight is 244 g/mol. The largest absolute Gasteiger partial charge is 0.368 e. The zero-order chi connectivity index (χ0) is 12.4. The third-order valence-electron chi connectivity index (χ3n) is 3.07. The minimum absolute atomic E-state index is 0.722. The van der Waals surface area contributed by atoms with Crippen molar-refractivity contribution in [3.05, 3.63) is 24.2 Å². The summed E-state index contributed by atoms with van der Waals surface area (Å²) in [6, 6.07) is 4.07. The van der Waals surface area contributed by atoms with E-state index < -0.39 is 0 Å². The van der Waals surface area contributed by atoms with E-state index in [1.54, 1.807) is 0 Å². The number of aromatic amines is 1. The van der Waals surface area contributed by atoms with E-state index in [9.17, 15) is 0 Å². The van der Waals surface area contributed by atoms with Gasteiger partial charge in [0.2, 0.25) is 0 Å². The number of rotatable bonds is 2. The van der Waals surface area contributed by atoms with Gasteiger partial charge in [-0.05, 0) is 19.1 Å². The van der Waals surface area contributed by atoms with Crippen LogP contribution in [0.2, 0.25) is 0 Å². The number of hydrogen-bond donors (Lipinski definition) is 2. The number of pyridine rings is 1. The molecule has 6 nitrogen and oxygen atoms in total. The summed E-state index contributed by atoms with van der Waals surface area (Å²) in [6.07, 6.45) is 1.90. The van der Waals surface area contributed by atoms with E-state index >= 15 is 0 Å². The molecule has 0 aliphatic carbocycles. The first kappa shape index (κ1) is 11.2. The maximum absolute atomic E-state index is 4.44. The first-order chi connectivity index (χ1) is 8.83. The lowest BCUT2D eigenvalue weighted by molar-refractivity contribution is 0.589. The maximum Gasteiger partial charge on any atom is 0.179 e. The second-order valence-electron chi connectivity index (χ2n) is 4.40. The molecule has 1 aliphatic rings. The second-order valence-corrected chi connectivity index (χ2v) is 4.40. The maximum atomic E-state index is 4.44. The zero-order valence-electron chi connectivity index (χ0n) is 10.3. The van der Waals surface area contributed by atoms with Gasteiger partial charge >= 0.3 is 0 Å². The molecule has 0 atom stereocenters. The van der Waals surface area contributed by atoms with Crippen molar-refractivity contribution in [2.45, 2.75) is 6.92 Å². The topological polar surface area (TPSA) is 69.7 Å². The van der Waals surface area contributed by atoms with E-state index in [1.807, 2.05) is 19.2 Å². The number of nitrogens with one attached hydrogen (secondary N) is 2. The van der Waals surface area contributed by atoms with Gasteiger partial charge in [-0.25, -0.2) is 0 Å². The molecule has 94 valence electrons. The highest BCUT2D eigenvalue weighted by Gasteiger charge is 2.11. The van der Waals surface area contributed by atoms with E-state index in [2.05, 4.69) is 36.4 Å². The number of piperazine rings is 1. The number of hydrogen-bond acceptors (Lipinski definition) is 5. The normalized spacial score (nSPS) is 15.9. The van der Waals surface area contributed by atoms with Crippen molar-refractivity contribution in [2.75, 3.05) is 31.1 Å². The van der Waals surface area contributed by atoms with E-state index in [0.717, 1.165) is 49.2 Å². The Morgan fingerprint density at radius 3 is 2.61 bits per heavy atom. The Morgan fingerprint density at radius 2 is 2.00 bits per heavy atom. The van der Waals surface area contributed by atoms with Crippen LogP contribution in [-0.4, -0.2) is 46.3 Å². The molecule has 3 heterocycles. The van der Waals surface area contributed by atoms with Crippen LogP contribution in [0.4, 0.5) is 5.69 Å². The van der Waals surface area contributed by atoms with Crippen molar-refractivity contribution in [1.29, 1.82) is 0 Å². The zero-order valence-corrected chi connectivity index (χ0v) is 10.3. The van der Waals surface area contributed by atoms with Crippen molar-refractivity contribution in [3.63, 3.8) is 0 Å². The fourth-order valence-corrected chi connectivity index (χ4v) is 2.10. The van der Waals surface area contributed by atoms with Crippen LogP contribution >= 0.6 is 0 Å². The number of aryl methyl sites for hydroxylation is 1. The van der Waals surface area contributed by atoms with E-state index in [-0.39, 0.29) is 0 Å². The van der Waals surface area contributed by atoms with Crippen molar-refractivity contribution in [2.24, 2.45) is 0 Å². The Labute approximate surface area is 105 Å². The van der Waals surface area contributed by atoms with Crippen molar-refractivity contribution in [3.8, 4) is 11.5 Å². The number of H-pyrrole nitrogens is 1. The van der Waals surface area contributed by atoms with Crippen LogP contribution in [0.1, 0.15) is 5.82 Å². The minimum atomic E-state index is 0.722. The molecule has 0 aromatic carbocycles. The minimum Gasteiger partial charge on any atom is -0.368 e. The molecule has 0 amide bonds. The van der Waals surface area contributed by atoms with Gasteiger partial charge in [0, 0.05) is 26.2 Å². The molecular weight excluding hydrogens is 228 g/mol. The average Bonchev–Trinajstić information content (AvgIpc) is 2.87. The number of nitrogens with zero attached hydrogens (tertiary/aromatic N) is 4. The van der Waals surface area contributed by atoms with Gasteiger partial charge in [-0.2, -0.15) is 0 Å². The van der Waals surface area contributed by atoms with Crippen LogP contribution in [0, 0.1) is 6.92 Å². The van der Waals surface area contributed by atoms with Gasteiger partial charge in [0.15, 0.2) is 5.82 Å². The van der Waals surface area contributed by atoms with Crippen LogP contribution in [0.25, 0.3) is 11.5 Å². The molecule has 0 spiro atoms. The SMILES string of the molecule is Cc1nnc(-c2ccc(N3CCNCC3)cn2)[nH]1. The Balaban J connectivity index is 1.80. The van der Waals surface area contributed by atoms with Gasteiger partial charge in [0.05, 0.1) is 11.9 Å². The Morgan fingerprint density at radius 1 is 1.17 bits per heavy atom. The molecule has 1 fully saturated rings. The van der Waals surface area contributed by atoms with Crippen LogP contribution in [0.5, 0.6) is 0 Å². The predicted octanol–water partition coefficient (Wildman–Crippen LogP) is 0.585. The van der Waals surface area contributed by atoms with Crippen LogP contribution < -0.4 is 10.2 Å². The first-order valence-electron chi connectivity index (χ1n) is 6.14. The standard InChI is InChI=1S/C12H16N6/c1-9-15-12(17-16-9)11-3-2-10(8-14-11)18-6-4-13-5-7-18/h2-3,8,13H,4-7H2,1H3,(H,15,16,17). The Kier molecular flexibility index (Phi) is 2.93. The van der Waals surface area contributed by atoms with E-state index in [0.29, 0.717) is 0 Å². The van der Waals surface area contributed by atoms with Gasteiger partial charge in [0.1, 0.15) is 11.5 Å². The van der Waals surface area contributed by atoms with Crippen molar-refractivity contribution in [1.82, 2.24) is 25.5 Å². The van der Waals surface area contributed by atoms with Crippen molar-refractivity contribution >= 4 is 5.69 Å². The van der Waals surface area contributed by atoms with Gasteiger partial charge < -0.3 is 15.2 Å². The molecule has 6 heteroatoms. The summed E-state index contributed by atoms with van der Waals surface area (Å²) >= 11 is 0. The lowest BCUT2D eigenvalue weighted by Gasteiger charge is -2.29. The molecule has 2 aromatic heterocycles. The quantitative estimate of drug-likeness (QED) is 0.809. The lowest BCUT2D eigenvalue weighted by Crippen LogP contribution is -2.43. The van der Waals surface area contributed by atoms with Crippen LogP contribution in [0.15, 0.2) is 18.3 Å². The van der Waals surface area contributed by atoms with Gasteiger partial charge in [0.25, 0.3) is 0 Å². The summed E-state index contributed by atoms with van der Waals surface area (Å²) in [5, 5.41) is 11.3. The second kappa shape index (κ2) is 4.73. The summed E-state index contributed by atoms with van der Waals surface area (Å²) in [7, 11) is 0. The monoisotopic (exact) mass is 244 g/mol.